The van der Waals surface area contributed by atoms with Crippen molar-refractivity contribution in [2.24, 2.45) is 0 Å². The zero-order chi connectivity index (χ0) is 21.3. The molecule has 0 saturated carbocycles. The lowest BCUT2D eigenvalue weighted by atomic mass is 9.99. The summed E-state index contributed by atoms with van der Waals surface area (Å²) in [6.45, 7) is 10.1. The molecule has 0 radical (unpaired) electrons. The number of ether oxygens (including phenoxy) is 1. The first-order valence-electron chi connectivity index (χ1n) is 9.77. The Kier molecular flexibility index (Phi) is 5.73. The summed E-state index contributed by atoms with van der Waals surface area (Å²) in [5.74, 6) is -0.302. The van der Waals surface area contributed by atoms with Gasteiger partial charge in [0.25, 0.3) is 5.91 Å². The average Bonchev–Trinajstić information content (AvgIpc) is 2.94. The van der Waals surface area contributed by atoms with Crippen LogP contribution in [0.4, 0.5) is 5.69 Å². The molecular formula is C25H27NO3. The molecule has 3 rings (SSSR count). The Bertz CT molecular complexity index is 1030. The lowest BCUT2D eigenvalue weighted by Crippen LogP contribution is -2.24. The molecule has 4 nitrogen and oxygen atoms in total. The Morgan fingerprint density at radius 2 is 1.66 bits per heavy atom. The van der Waals surface area contributed by atoms with Crippen molar-refractivity contribution in [3.05, 3.63) is 81.6 Å². The lowest BCUT2D eigenvalue weighted by molar-refractivity contribution is -0.136. The van der Waals surface area contributed by atoms with Crippen LogP contribution >= 0.6 is 0 Å². The molecule has 0 aliphatic carbocycles. The van der Waals surface area contributed by atoms with E-state index in [0.717, 1.165) is 22.4 Å². The third-order valence-electron chi connectivity index (χ3n) is 5.45. The normalized spacial score (nSPS) is 15.6. The number of carbonyl (C=O) groups excluding carboxylic acids is 2. The van der Waals surface area contributed by atoms with E-state index >= 15 is 0 Å². The SMILES string of the molecule is COC(=O)C1=C(C)N(c2ccc(C)c(C)c2)C(=O)/C1=C\c1ccc(C(C)C)cc1. The molecule has 0 N–H and O–H groups in total. The maximum atomic E-state index is 13.3. The Morgan fingerprint density at radius 3 is 2.21 bits per heavy atom. The summed E-state index contributed by atoms with van der Waals surface area (Å²) in [6, 6.07) is 13.9. The third kappa shape index (κ3) is 3.88. The predicted octanol–water partition coefficient (Wildman–Crippen LogP) is 5.30. The summed E-state index contributed by atoms with van der Waals surface area (Å²) in [6.07, 6.45) is 1.77. The highest BCUT2D eigenvalue weighted by Gasteiger charge is 2.37. The Balaban J connectivity index is 2.09. The van der Waals surface area contributed by atoms with E-state index in [-0.39, 0.29) is 5.91 Å². The Morgan fingerprint density at radius 1 is 1.00 bits per heavy atom. The van der Waals surface area contributed by atoms with Gasteiger partial charge in [0.05, 0.1) is 18.3 Å². The molecule has 2 aromatic rings. The fourth-order valence-corrected chi connectivity index (χ4v) is 3.50. The van der Waals surface area contributed by atoms with E-state index in [2.05, 4.69) is 13.8 Å². The summed E-state index contributed by atoms with van der Waals surface area (Å²) in [7, 11) is 1.33. The van der Waals surface area contributed by atoms with Crippen LogP contribution in [-0.2, 0) is 14.3 Å². The van der Waals surface area contributed by atoms with Gasteiger partial charge in [0.2, 0.25) is 0 Å². The molecule has 2 aromatic carbocycles. The van der Waals surface area contributed by atoms with Crippen molar-refractivity contribution in [3.8, 4) is 0 Å². The number of anilines is 1. The van der Waals surface area contributed by atoms with E-state index < -0.39 is 5.97 Å². The number of allylic oxidation sites excluding steroid dienone is 1. The number of nitrogens with zero attached hydrogens (tertiary/aromatic N) is 1. The first-order chi connectivity index (χ1) is 13.7. The topological polar surface area (TPSA) is 46.6 Å². The summed E-state index contributed by atoms with van der Waals surface area (Å²) in [5, 5.41) is 0. The molecule has 29 heavy (non-hydrogen) atoms. The molecule has 1 heterocycles. The average molecular weight is 389 g/mol. The van der Waals surface area contributed by atoms with Gasteiger partial charge >= 0.3 is 5.97 Å². The Labute approximate surface area is 172 Å². The highest BCUT2D eigenvalue weighted by atomic mass is 16.5. The summed E-state index contributed by atoms with van der Waals surface area (Å²) in [5.41, 5.74) is 6.32. The van der Waals surface area contributed by atoms with Crippen molar-refractivity contribution in [3.63, 3.8) is 0 Å². The number of rotatable bonds is 4. The van der Waals surface area contributed by atoms with Crippen molar-refractivity contribution in [2.45, 2.75) is 40.5 Å². The maximum absolute atomic E-state index is 13.3. The standard InChI is InChI=1S/C25H27NO3/c1-15(2)20-10-8-19(9-11-20)14-22-23(25(28)29-6)18(5)26(24(22)27)21-12-7-16(3)17(4)13-21/h7-15H,1-6H3/b22-14-. The first-order valence-corrected chi connectivity index (χ1v) is 9.77. The van der Waals surface area contributed by atoms with Gasteiger partial charge in [0.1, 0.15) is 0 Å². The number of methoxy groups -OCH3 is 1. The molecule has 0 saturated heterocycles. The van der Waals surface area contributed by atoms with E-state index in [9.17, 15) is 9.59 Å². The molecule has 0 aromatic heterocycles. The smallest absolute Gasteiger partial charge is 0.340 e. The minimum atomic E-state index is -0.507. The Hall–Kier alpha value is -3.14. The molecule has 1 aliphatic rings. The number of hydrogen-bond acceptors (Lipinski definition) is 3. The van der Waals surface area contributed by atoms with Gasteiger partial charge in [0.15, 0.2) is 0 Å². The third-order valence-corrected chi connectivity index (χ3v) is 5.45. The summed E-state index contributed by atoms with van der Waals surface area (Å²) >= 11 is 0. The number of amides is 1. The van der Waals surface area contributed by atoms with Crippen LogP contribution in [0, 0.1) is 13.8 Å². The van der Waals surface area contributed by atoms with Gasteiger partial charge in [-0.1, -0.05) is 44.2 Å². The van der Waals surface area contributed by atoms with Crippen LogP contribution in [0.3, 0.4) is 0 Å². The van der Waals surface area contributed by atoms with Crippen molar-refractivity contribution in [1.82, 2.24) is 0 Å². The summed E-state index contributed by atoms with van der Waals surface area (Å²) in [4.78, 5) is 27.4. The van der Waals surface area contributed by atoms with E-state index in [1.54, 1.807) is 17.9 Å². The van der Waals surface area contributed by atoms with E-state index in [1.807, 2.05) is 56.3 Å². The number of hydrogen-bond donors (Lipinski definition) is 0. The van der Waals surface area contributed by atoms with Gasteiger partial charge in [-0.25, -0.2) is 4.79 Å². The maximum Gasteiger partial charge on any atom is 0.340 e. The number of carbonyl (C=O) groups is 2. The fourth-order valence-electron chi connectivity index (χ4n) is 3.50. The van der Waals surface area contributed by atoms with Crippen LogP contribution < -0.4 is 4.90 Å². The van der Waals surface area contributed by atoms with Gasteiger partial charge in [0, 0.05) is 11.4 Å². The molecule has 0 bridgehead atoms. The summed E-state index contributed by atoms with van der Waals surface area (Å²) < 4.78 is 4.98. The van der Waals surface area contributed by atoms with Crippen LogP contribution in [0.15, 0.2) is 59.3 Å². The molecule has 0 unspecified atom stereocenters. The molecule has 1 amide bonds. The van der Waals surface area contributed by atoms with Crippen LogP contribution in [0.2, 0.25) is 0 Å². The lowest BCUT2D eigenvalue weighted by Gasteiger charge is -2.19. The van der Waals surface area contributed by atoms with Gasteiger partial charge in [-0.3, -0.25) is 9.69 Å². The van der Waals surface area contributed by atoms with Crippen LogP contribution in [-0.4, -0.2) is 19.0 Å². The molecule has 4 heteroatoms. The quantitative estimate of drug-likeness (QED) is 0.526. The second-order valence-corrected chi connectivity index (χ2v) is 7.74. The second kappa shape index (κ2) is 8.08. The molecule has 0 spiro atoms. The number of aryl methyl sites for hydroxylation is 2. The minimum Gasteiger partial charge on any atom is -0.465 e. The van der Waals surface area contributed by atoms with Crippen molar-refractivity contribution in [2.75, 3.05) is 12.0 Å². The first kappa shape index (κ1) is 20.6. The van der Waals surface area contributed by atoms with Gasteiger partial charge < -0.3 is 4.74 Å². The van der Waals surface area contributed by atoms with Crippen LogP contribution in [0.1, 0.15) is 48.9 Å². The highest BCUT2D eigenvalue weighted by molar-refractivity contribution is 6.23. The molecule has 0 fully saturated rings. The minimum absolute atomic E-state index is 0.223. The van der Waals surface area contributed by atoms with Gasteiger partial charge in [-0.05, 0) is 67.2 Å². The van der Waals surface area contributed by atoms with Crippen LogP contribution in [0.25, 0.3) is 6.08 Å². The highest BCUT2D eigenvalue weighted by Crippen LogP contribution is 2.36. The van der Waals surface area contributed by atoms with Gasteiger partial charge in [-0.15, -0.1) is 0 Å². The fraction of sp³-hybridized carbons (Fsp3) is 0.280. The molecular weight excluding hydrogens is 362 g/mol. The largest absolute Gasteiger partial charge is 0.465 e. The second-order valence-electron chi connectivity index (χ2n) is 7.74. The molecule has 1 aliphatic heterocycles. The zero-order valence-corrected chi connectivity index (χ0v) is 17.9. The zero-order valence-electron chi connectivity index (χ0n) is 17.9. The monoisotopic (exact) mass is 389 g/mol. The molecule has 150 valence electrons. The van der Waals surface area contributed by atoms with Crippen molar-refractivity contribution < 1.29 is 14.3 Å². The predicted molar refractivity (Wildman–Crippen MR) is 117 cm³/mol. The van der Waals surface area contributed by atoms with Gasteiger partial charge in [-0.2, -0.15) is 0 Å². The number of esters is 1. The van der Waals surface area contributed by atoms with Crippen molar-refractivity contribution in [1.29, 1.82) is 0 Å². The van der Waals surface area contributed by atoms with E-state index in [4.69, 9.17) is 4.74 Å². The van der Waals surface area contributed by atoms with Crippen molar-refractivity contribution >= 4 is 23.6 Å². The van der Waals surface area contributed by atoms with E-state index in [0.29, 0.717) is 22.8 Å². The number of benzene rings is 2. The van der Waals surface area contributed by atoms with E-state index in [1.165, 1.54) is 12.7 Å². The van der Waals surface area contributed by atoms with Crippen LogP contribution in [0.5, 0.6) is 0 Å². The molecule has 0 atom stereocenters.